The SMILES string of the molecule is O=C([O-])[C@@H]1CC(=O)N(CCc2ccc(Cl)cc2)C1. The molecule has 5 heteroatoms. The van der Waals surface area contributed by atoms with Crippen LogP contribution in [-0.4, -0.2) is 29.9 Å². The molecule has 1 fully saturated rings. The van der Waals surface area contributed by atoms with E-state index in [0.717, 1.165) is 5.56 Å². The highest BCUT2D eigenvalue weighted by Crippen LogP contribution is 2.18. The lowest BCUT2D eigenvalue weighted by molar-refractivity contribution is -0.311. The molecule has 4 nitrogen and oxygen atoms in total. The fraction of sp³-hybridized carbons (Fsp3) is 0.385. The van der Waals surface area contributed by atoms with Gasteiger partial charge < -0.3 is 14.8 Å². The Kier molecular flexibility index (Phi) is 3.87. The van der Waals surface area contributed by atoms with Crippen LogP contribution >= 0.6 is 11.6 Å². The third kappa shape index (κ3) is 3.01. The minimum Gasteiger partial charge on any atom is -0.550 e. The Morgan fingerprint density at radius 2 is 2.06 bits per heavy atom. The number of amides is 1. The molecule has 1 saturated heterocycles. The number of carbonyl (C=O) groups excluding carboxylic acids is 2. The molecule has 0 spiro atoms. The fourth-order valence-electron chi connectivity index (χ4n) is 2.06. The Balaban J connectivity index is 1.89. The molecule has 1 aliphatic heterocycles. The topological polar surface area (TPSA) is 60.4 Å². The Morgan fingerprint density at radius 3 is 2.61 bits per heavy atom. The maximum absolute atomic E-state index is 11.6. The van der Waals surface area contributed by atoms with Crippen molar-refractivity contribution in [2.45, 2.75) is 12.8 Å². The number of hydrogen-bond acceptors (Lipinski definition) is 3. The first-order valence-electron chi connectivity index (χ1n) is 5.79. The van der Waals surface area contributed by atoms with Crippen molar-refractivity contribution < 1.29 is 14.7 Å². The van der Waals surface area contributed by atoms with E-state index in [4.69, 9.17) is 11.6 Å². The smallest absolute Gasteiger partial charge is 0.223 e. The predicted octanol–water partition coefficient (Wildman–Crippen LogP) is 0.481. The summed E-state index contributed by atoms with van der Waals surface area (Å²) < 4.78 is 0. The van der Waals surface area contributed by atoms with Gasteiger partial charge in [0.25, 0.3) is 0 Å². The molecule has 0 saturated carbocycles. The summed E-state index contributed by atoms with van der Waals surface area (Å²) in [6.45, 7) is 0.791. The average molecular weight is 267 g/mol. The van der Waals surface area contributed by atoms with E-state index in [2.05, 4.69) is 0 Å². The first-order valence-corrected chi connectivity index (χ1v) is 6.17. The summed E-state index contributed by atoms with van der Waals surface area (Å²) in [6.07, 6.45) is 0.756. The van der Waals surface area contributed by atoms with E-state index >= 15 is 0 Å². The summed E-state index contributed by atoms with van der Waals surface area (Å²) in [5.41, 5.74) is 1.07. The lowest BCUT2D eigenvalue weighted by Gasteiger charge is -2.16. The predicted molar refractivity (Wildman–Crippen MR) is 64.9 cm³/mol. The molecule has 0 bridgehead atoms. The zero-order valence-electron chi connectivity index (χ0n) is 9.77. The molecule has 0 radical (unpaired) electrons. The molecule has 1 aromatic rings. The van der Waals surface area contributed by atoms with Crippen molar-refractivity contribution in [1.82, 2.24) is 4.90 Å². The second-order valence-corrected chi connectivity index (χ2v) is 4.87. The largest absolute Gasteiger partial charge is 0.550 e. The third-order valence-corrected chi connectivity index (χ3v) is 3.38. The molecular weight excluding hydrogens is 254 g/mol. The van der Waals surface area contributed by atoms with Gasteiger partial charge in [-0.1, -0.05) is 23.7 Å². The number of rotatable bonds is 4. The van der Waals surface area contributed by atoms with Crippen LogP contribution in [0.4, 0.5) is 0 Å². The number of carboxylic acids is 1. The van der Waals surface area contributed by atoms with E-state index < -0.39 is 11.9 Å². The summed E-state index contributed by atoms with van der Waals surface area (Å²) >= 11 is 5.78. The fourth-order valence-corrected chi connectivity index (χ4v) is 2.19. The van der Waals surface area contributed by atoms with Crippen LogP contribution in [0.25, 0.3) is 0 Å². The number of carboxylic acid groups (broad SMARTS) is 1. The Morgan fingerprint density at radius 1 is 1.39 bits per heavy atom. The number of aliphatic carboxylic acids is 1. The molecule has 0 unspecified atom stereocenters. The number of halogens is 1. The normalized spacial score (nSPS) is 19.3. The van der Waals surface area contributed by atoms with Gasteiger partial charge in [-0.15, -0.1) is 0 Å². The van der Waals surface area contributed by atoms with Gasteiger partial charge in [-0.3, -0.25) is 4.79 Å². The van der Waals surface area contributed by atoms with Crippen LogP contribution in [0.5, 0.6) is 0 Å². The van der Waals surface area contributed by atoms with E-state index in [1.54, 1.807) is 17.0 Å². The van der Waals surface area contributed by atoms with Crippen molar-refractivity contribution in [2.75, 3.05) is 13.1 Å². The highest BCUT2D eigenvalue weighted by Gasteiger charge is 2.29. The molecule has 1 heterocycles. The van der Waals surface area contributed by atoms with Crippen LogP contribution in [0, 0.1) is 5.92 Å². The Labute approximate surface area is 110 Å². The lowest BCUT2D eigenvalue weighted by Crippen LogP contribution is -2.34. The average Bonchev–Trinajstić information content (AvgIpc) is 2.70. The van der Waals surface area contributed by atoms with E-state index in [1.165, 1.54) is 0 Å². The molecule has 2 rings (SSSR count). The van der Waals surface area contributed by atoms with Gasteiger partial charge >= 0.3 is 0 Å². The van der Waals surface area contributed by atoms with Crippen LogP contribution in [-0.2, 0) is 16.0 Å². The van der Waals surface area contributed by atoms with Gasteiger partial charge in [0.05, 0.1) is 0 Å². The lowest BCUT2D eigenvalue weighted by atomic mass is 10.1. The number of hydrogen-bond donors (Lipinski definition) is 0. The van der Waals surface area contributed by atoms with Crippen LogP contribution in [0.3, 0.4) is 0 Å². The number of nitrogens with zero attached hydrogens (tertiary/aromatic N) is 1. The molecule has 1 aromatic carbocycles. The molecule has 1 atom stereocenters. The van der Waals surface area contributed by atoms with Gasteiger partial charge in [0.15, 0.2) is 0 Å². The summed E-state index contributed by atoms with van der Waals surface area (Å²) in [6, 6.07) is 7.40. The summed E-state index contributed by atoms with van der Waals surface area (Å²) in [4.78, 5) is 23.9. The van der Waals surface area contributed by atoms with Crippen molar-refractivity contribution in [3.63, 3.8) is 0 Å². The van der Waals surface area contributed by atoms with Crippen molar-refractivity contribution >= 4 is 23.5 Å². The van der Waals surface area contributed by atoms with Crippen LogP contribution in [0.2, 0.25) is 5.02 Å². The highest BCUT2D eigenvalue weighted by atomic mass is 35.5. The first kappa shape index (κ1) is 12.9. The van der Waals surface area contributed by atoms with E-state index in [9.17, 15) is 14.7 Å². The zero-order valence-corrected chi connectivity index (χ0v) is 10.5. The van der Waals surface area contributed by atoms with Crippen molar-refractivity contribution in [1.29, 1.82) is 0 Å². The van der Waals surface area contributed by atoms with E-state index in [0.29, 0.717) is 18.0 Å². The van der Waals surface area contributed by atoms with E-state index in [-0.39, 0.29) is 18.9 Å². The van der Waals surface area contributed by atoms with Gasteiger partial charge in [-0.2, -0.15) is 0 Å². The number of benzene rings is 1. The second-order valence-electron chi connectivity index (χ2n) is 4.44. The molecule has 1 aliphatic rings. The Bertz CT molecular complexity index is 458. The minimum absolute atomic E-state index is 0.0585. The molecule has 18 heavy (non-hydrogen) atoms. The standard InChI is InChI=1S/C13H14ClNO3/c14-11-3-1-9(2-4-11)5-6-15-8-10(13(17)18)7-12(15)16/h1-4,10H,5-8H2,(H,17,18)/p-1/t10-/m1/s1. The van der Waals surface area contributed by atoms with Gasteiger partial charge in [0, 0.05) is 36.4 Å². The van der Waals surface area contributed by atoms with Crippen LogP contribution in [0.15, 0.2) is 24.3 Å². The summed E-state index contributed by atoms with van der Waals surface area (Å²) in [7, 11) is 0. The van der Waals surface area contributed by atoms with Crippen LogP contribution < -0.4 is 5.11 Å². The molecule has 1 amide bonds. The van der Waals surface area contributed by atoms with Crippen molar-refractivity contribution in [3.05, 3.63) is 34.9 Å². The van der Waals surface area contributed by atoms with Gasteiger partial charge in [-0.05, 0) is 24.1 Å². The van der Waals surface area contributed by atoms with E-state index in [1.807, 2.05) is 12.1 Å². The minimum atomic E-state index is -1.14. The molecule has 96 valence electrons. The Hall–Kier alpha value is -1.55. The second kappa shape index (κ2) is 5.40. The zero-order chi connectivity index (χ0) is 13.1. The molecular formula is C13H13ClNO3-. The molecule has 0 aliphatic carbocycles. The van der Waals surface area contributed by atoms with Gasteiger partial charge in [-0.25, -0.2) is 0 Å². The summed E-state index contributed by atoms with van der Waals surface area (Å²) in [5, 5.41) is 11.4. The van der Waals surface area contributed by atoms with Gasteiger partial charge in [0.2, 0.25) is 5.91 Å². The monoisotopic (exact) mass is 266 g/mol. The first-order chi connectivity index (χ1) is 8.56. The third-order valence-electron chi connectivity index (χ3n) is 3.13. The maximum atomic E-state index is 11.6. The number of carbonyl (C=O) groups is 2. The molecule has 0 N–H and O–H groups in total. The van der Waals surface area contributed by atoms with Crippen LogP contribution in [0.1, 0.15) is 12.0 Å². The van der Waals surface area contributed by atoms with Crippen molar-refractivity contribution in [3.8, 4) is 0 Å². The number of likely N-dealkylation sites (tertiary alicyclic amines) is 1. The van der Waals surface area contributed by atoms with Crippen molar-refractivity contribution in [2.24, 2.45) is 5.92 Å². The maximum Gasteiger partial charge on any atom is 0.223 e. The quantitative estimate of drug-likeness (QED) is 0.796. The van der Waals surface area contributed by atoms with Gasteiger partial charge in [0.1, 0.15) is 0 Å². The molecule has 0 aromatic heterocycles. The summed E-state index contributed by atoms with van der Waals surface area (Å²) in [5.74, 6) is -1.92. The highest BCUT2D eigenvalue weighted by molar-refractivity contribution is 6.30.